The van der Waals surface area contributed by atoms with Crippen molar-refractivity contribution in [3.63, 3.8) is 0 Å². The van der Waals surface area contributed by atoms with E-state index in [1.54, 1.807) is 18.5 Å². The third-order valence-corrected chi connectivity index (χ3v) is 4.79. The van der Waals surface area contributed by atoms with Crippen LogP contribution in [0.3, 0.4) is 0 Å². The van der Waals surface area contributed by atoms with Crippen LogP contribution in [0.5, 0.6) is 5.88 Å². The zero-order chi connectivity index (χ0) is 21.1. The minimum Gasteiger partial charge on any atom is -0.477 e. The van der Waals surface area contributed by atoms with Crippen molar-refractivity contribution in [2.45, 2.75) is 25.8 Å². The molecule has 10 heteroatoms. The SMILES string of the molecule is COC(=O)c1cnc2c(c1)C(=O)Nc1cccc(n1)-c1nncn1[C@@H](C)CCCO2. The molecule has 1 N–H and O–H groups in total. The van der Waals surface area contributed by atoms with Crippen LogP contribution in [-0.2, 0) is 4.74 Å². The van der Waals surface area contributed by atoms with E-state index in [0.717, 1.165) is 6.42 Å². The third kappa shape index (κ3) is 3.84. The van der Waals surface area contributed by atoms with Gasteiger partial charge in [-0.05, 0) is 38.0 Å². The van der Waals surface area contributed by atoms with Crippen molar-refractivity contribution in [1.29, 1.82) is 0 Å². The van der Waals surface area contributed by atoms with E-state index in [1.165, 1.54) is 19.4 Å². The van der Waals surface area contributed by atoms with Crippen LogP contribution in [0.25, 0.3) is 11.5 Å². The van der Waals surface area contributed by atoms with Crippen LogP contribution < -0.4 is 10.1 Å². The summed E-state index contributed by atoms with van der Waals surface area (Å²) in [5.74, 6) is -0.00519. The topological polar surface area (TPSA) is 121 Å². The van der Waals surface area contributed by atoms with E-state index in [-0.39, 0.29) is 23.0 Å². The number of hydrogen-bond acceptors (Lipinski definition) is 8. The number of aromatic nitrogens is 5. The lowest BCUT2D eigenvalue weighted by Gasteiger charge is -2.17. The van der Waals surface area contributed by atoms with Crippen LogP contribution in [-0.4, -0.2) is 50.3 Å². The first-order chi connectivity index (χ1) is 14.6. The summed E-state index contributed by atoms with van der Waals surface area (Å²) in [5, 5.41) is 10.9. The maximum absolute atomic E-state index is 12.9. The van der Waals surface area contributed by atoms with Crippen LogP contribution >= 0.6 is 0 Å². The molecule has 2 bridgehead atoms. The molecule has 4 rings (SSSR count). The molecule has 0 radical (unpaired) electrons. The maximum atomic E-state index is 12.9. The second-order valence-corrected chi connectivity index (χ2v) is 6.83. The van der Waals surface area contributed by atoms with Crippen molar-refractivity contribution in [2.75, 3.05) is 19.0 Å². The molecular weight excluding hydrogens is 388 g/mol. The molecule has 0 unspecified atom stereocenters. The van der Waals surface area contributed by atoms with Gasteiger partial charge in [-0.25, -0.2) is 14.8 Å². The molecule has 1 atom stereocenters. The van der Waals surface area contributed by atoms with E-state index >= 15 is 0 Å². The number of fused-ring (bicyclic) bond motifs is 5. The van der Waals surface area contributed by atoms with E-state index in [9.17, 15) is 9.59 Å². The Hall–Kier alpha value is -3.82. The number of hydrogen-bond donors (Lipinski definition) is 1. The number of ether oxygens (including phenoxy) is 2. The van der Waals surface area contributed by atoms with Gasteiger partial charge in [-0.1, -0.05) is 6.07 Å². The van der Waals surface area contributed by atoms with Crippen molar-refractivity contribution in [3.05, 3.63) is 47.9 Å². The molecule has 0 saturated heterocycles. The Morgan fingerprint density at radius 2 is 2.23 bits per heavy atom. The first-order valence-corrected chi connectivity index (χ1v) is 9.46. The number of anilines is 1. The van der Waals surface area contributed by atoms with Gasteiger partial charge in [-0.2, -0.15) is 0 Å². The molecule has 154 valence electrons. The molecule has 1 aliphatic rings. The Morgan fingerprint density at radius 1 is 1.37 bits per heavy atom. The highest BCUT2D eigenvalue weighted by Gasteiger charge is 2.21. The lowest BCUT2D eigenvalue weighted by Crippen LogP contribution is -2.18. The molecule has 10 nitrogen and oxygen atoms in total. The molecule has 0 aliphatic carbocycles. The number of rotatable bonds is 1. The summed E-state index contributed by atoms with van der Waals surface area (Å²) in [4.78, 5) is 33.5. The Morgan fingerprint density at radius 3 is 3.07 bits per heavy atom. The monoisotopic (exact) mass is 408 g/mol. The number of pyridine rings is 2. The van der Waals surface area contributed by atoms with E-state index in [4.69, 9.17) is 9.47 Å². The molecule has 0 fully saturated rings. The molecule has 0 aromatic carbocycles. The van der Waals surface area contributed by atoms with Crippen LogP contribution in [0.2, 0.25) is 0 Å². The predicted octanol–water partition coefficient (Wildman–Crippen LogP) is 2.51. The second-order valence-electron chi connectivity index (χ2n) is 6.83. The van der Waals surface area contributed by atoms with E-state index in [0.29, 0.717) is 30.4 Å². The van der Waals surface area contributed by atoms with Crippen molar-refractivity contribution >= 4 is 17.7 Å². The molecular formula is C20H20N6O4. The number of carbonyl (C=O) groups excluding carboxylic acids is 2. The first kappa shape index (κ1) is 19.5. The van der Waals surface area contributed by atoms with Gasteiger partial charge in [0, 0.05) is 12.2 Å². The van der Waals surface area contributed by atoms with Crippen LogP contribution in [0, 0.1) is 0 Å². The van der Waals surface area contributed by atoms with Crippen LogP contribution in [0.4, 0.5) is 5.82 Å². The Labute approximate surface area is 172 Å². The largest absolute Gasteiger partial charge is 0.477 e. The maximum Gasteiger partial charge on any atom is 0.339 e. The fourth-order valence-electron chi connectivity index (χ4n) is 3.21. The summed E-state index contributed by atoms with van der Waals surface area (Å²) < 4.78 is 12.4. The zero-order valence-electron chi connectivity index (χ0n) is 16.5. The number of methoxy groups -OCH3 is 1. The minimum absolute atomic E-state index is 0.121. The van der Waals surface area contributed by atoms with E-state index < -0.39 is 11.9 Å². The number of nitrogens with one attached hydrogen (secondary N) is 1. The number of carbonyl (C=O) groups is 2. The standard InChI is InChI=1S/C20H20N6O4/c1-12-5-4-8-30-19-14(9-13(10-21-19)20(28)29-2)18(27)24-16-7-3-6-15(23-16)17-25-22-11-26(12)17/h3,6-7,9-12H,4-5,8H2,1-2H3,(H,23,24,27)/t12-/m0/s1. The van der Waals surface area contributed by atoms with Gasteiger partial charge >= 0.3 is 5.97 Å². The van der Waals surface area contributed by atoms with Gasteiger partial charge in [0.1, 0.15) is 23.4 Å². The summed E-state index contributed by atoms with van der Waals surface area (Å²) in [7, 11) is 1.26. The lowest BCUT2D eigenvalue weighted by atomic mass is 10.1. The number of nitrogens with zero attached hydrogens (tertiary/aromatic N) is 5. The summed E-state index contributed by atoms with van der Waals surface area (Å²) in [5.41, 5.74) is 0.866. The van der Waals surface area contributed by atoms with Gasteiger partial charge in [0.2, 0.25) is 5.88 Å². The first-order valence-electron chi connectivity index (χ1n) is 9.46. The smallest absolute Gasteiger partial charge is 0.339 e. The average molecular weight is 408 g/mol. The van der Waals surface area contributed by atoms with Gasteiger partial charge in [-0.15, -0.1) is 10.2 Å². The Bertz CT molecular complexity index is 1100. The summed E-state index contributed by atoms with van der Waals surface area (Å²) in [6.45, 7) is 2.43. The van der Waals surface area contributed by atoms with Crippen molar-refractivity contribution in [2.24, 2.45) is 0 Å². The van der Waals surface area contributed by atoms with Crippen molar-refractivity contribution in [1.82, 2.24) is 24.7 Å². The second kappa shape index (κ2) is 8.27. The molecule has 0 spiro atoms. The van der Waals surface area contributed by atoms with Crippen molar-refractivity contribution < 1.29 is 19.1 Å². The number of esters is 1. The Kier molecular flexibility index (Phi) is 5.38. The minimum atomic E-state index is -0.592. The molecule has 0 saturated carbocycles. The Balaban J connectivity index is 1.76. The summed E-state index contributed by atoms with van der Waals surface area (Å²) in [6.07, 6.45) is 4.51. The molecule has 1 amide bonds. The third-order valence-electron chi connectivity index (χ3n) is 4.79. The summed E-state index contributed by atoms with van der Waals surface area (Å²) >= 11 is 0. The van der Waals surface area contributed by atoms with Gasteiger partial charge < -0.3 is 19.4 Å². The van der Waals surface area contributed by atoms with Gasteiger partial charge in [-0.3, -0.25) is 4.79 Å². The zero-order valence-corrected chi connectivity index (χ0v) is 16.5. The fraction of sp³-hybridized carbons (Fsp3) is 0.300. The summed E-state index contributed by atoms with van der Waals surface area (Å²) in [6, 6.07) is 6.76. The average Bonchev–Trinajstić information content (AvgIpc) is 3.26. The lowest BCUT2D eigenvalue weighted by molar-refractivity contribution is 0.0600. The highest BCUT2D eigenvalue weighted by atomic mass is 16.5. The quantitative estimate of drug-likeness (QED) is 0.610. The molecule has 3 aromatic heterocycles. The van der Waals surface area contributed by atoms with Crippen LogP contribution in [0.1, 0.15) is 46.5 Å². The van der Waals surface area contributed by atoms with E-state index in [2.05, 4.69) is 32.4 Å². The normalized spacial score (nSPS) is 16.3. The van der Waals surface area contributed by atoms with Crippen molar-refractivity contribution in [3.8, 4) is 17.4 Å². The van der Waals surface area contributed by atoms with Gasteiger partial charge in [0.25, 0.3) is 5.91 Å². The molecule has 30 heavy (non-hydrogen) atoms. The van der Waals surface area contributed by atoms with Crippen LogP contribution in [0.15, 0.2) is 36.8 Å². The molecule has 1 aliphatic heterocycles. The van der Waals surface area contributed by atoms with Gasteiger partial charge in [0.15, 0.2) is 5.82 Å². The molecule has 4 heterocycles. The van der Waals surface area contributed by atoms with E-state index in [1.807, 2.05) is 10.6 Å². The molecule has 3 aromatic rings. The predicted molar refractivity (Wildman–Crippen MR) is 106 cm³/mol. The fourth-order valence-corrected chi connectivity index (χ4v) is 3.21. The highest BCUT2D eigenvalue weighted by Crippen LogP contribution is 2.25. The van der Waals surface area contributed by atoms with Gasteiger partial charge in [0.05, 0.1) is 19.3 Å². The highest BCUT2D eigenvalue weighted by molar-refractivity contribution is 6.06. The number of amides is 1.